The van der Waals surface area contributed by atoms with Crippen LogP contribution in [0.5, 0.6) is 0 Å². The summed E-state index contributed by atoms with van der Waals surface area (Å²) in [6, 6.07) is 41.3. The van der Waals surface area contributed by atoms with E-state index in [9.17, 15) is 0 Å². The molecule has 2 atom stereocenters. The van der Waals surface area contributed by atoms with Gasteiger partial charge in [0.25, 0.3) is 0 Å². The second-order valence-corrected chi connectivity index (χ2v) is 16.1. The summed E-state index contributed by atoms with van der Waals surface area (Å²) >= 11 is 1.70. The van der Waals surface area contributed by atoms with Gasteiger partial charge in [0.15, 0.2) is 5.69 Å². The molecule has 0 amide bonds. The molecule has 4 heterocycles. The molecule has 4 aromatic carbocycles. The average molecular weight is 780 g/mol. The smallest absolute Gasteiger partial charge is 0.247 e. The van der Waals surface area contributed by atoms with Crippen LogP contribution >= 0.6 is 11.3 Å². The Bertz CT molecular complexity index is 2470. The lowest BCUT2D eigenvalue weighted by Gasteiger charge is -2.34. The minimum atomic E-state index is -0.264. The van der Waals surface area contributed by atoms with Crippen molar-refractivity contribution in [3.05, 3.63) is 195 Å². The van der Waals surface area contributed by atoms with Gasteiger partial charge in [0.05, 0.1) is 6.20 Å². The molecular formula is C49H45N7OS. The van der Waals surface area contributed by atoms with E-state index in [1.165, 1.54) is 50.4 Å². The number of nitrogens with zero attached hydrogens (tertiary/aromatic N) is 5. The molecule has 58 heavy (non-hydrogen) atoms. The Labute approximate surface area is 343 Å². The third kappa shape index (κ3) is 6.67. The number of nitrogens with one attached hydrogen (secondary N) is 2. The first-order valence-corrected chi connectivity index (χ1v) is 20.4. The first-order chi connectivity index (χ1) is 28.3. The van der Waals surface area contributed by atoms with E-state index in [1.54, 1.807) is 23.8 Å². The first-order valence-electron chi connectivity index (χ1n) is 19.5. The van der Waals surface area contributed by atoms with Crippen LogP contribution in [0.25, 0.3) is 35.0 Å². The Morgan fingerprint density at radius 1 is 0.586 bits per heavy atom. The van der Waals surface area contributed by atoms with Crippen molar-refractivity contribution in [2.24, 2.45) is 0 Å². The second-order valence-electron chi connectivity index (χ2n) is 15.4. The molecule has 2 aliphatic rings. The number of allylic oxidation sites excluding steroid dienone is 2. The van der Waals surface area contributed by atoms with E-state index in [2.05, 4.69) is 214 Å². The number of rotatable bonds is 8. The molecule has 4 aromatic heterocycles. The van der Waals surface area contributed by atoms with E-state index in [0.717, 1.165) is 35.5 Å². The predicted molar refractivity (Wildman–Crippen MR) is 237 cm³/mol. The molecule has 9 heteroatoms. The molecule has 0 bridgehead atoms. The van der Waals surface area contributed by atoms with Gasteiger partial charge in [-0.2, -0.15) is 21.5 Å². The van der Waals surface area contributed by atoms with Crippen LogP contribution in [0.1, 0.15) is 44.8 Å². The van der Waals surface area contributed by atoms with Crippen molar-refractivity contribution in [2.45, 2.75) is 23.7 Å². The summed E-state index contributed by atoms with van der Waals surface area (Å²) in [5.41, 5.74) is 14.5. The number of thiophene rings is 1. The lowest BCUT2D eigenvalue weighted by atomic mass is 9.68. The topological polar surface area (TPSA) is 89.9 Å². The van der Waals surface area contributed by atoms with Gasteiger partial charge >= 0.3 is 0 Å². The molecule has 8 aromatic rings. The summed E-state index contributed by atoms with van der Waals surface area (Å²) in [5.74, 6) is 0.537. The van der Waals surface area contributed by atoms with Crippen molar-refractivity contribution in [1.82, 2.24) is 25.4 Å². The lowest BCUT2D eigenvalue weighted by molar-refractivity contribution is 0.571. The Balaban J connectivity index is 0.000000150. The fourth-order valence-electron chi connectivity index (χ4n) is 8.36. The molecule has 8 nitrogen and oxygen atoms in total. The molecule has 2 aliphatic carbocycles. The van der Waals surface area contributed by atoms with Crippen LogP contribution < -0.4 is 9.80 Å². The highest BCUT2D eigenvalue weighted by atomic mass is 32.1. The highest BCUT2D eigenvalue weighted by Gasteiger charge is 2.38. The first kappa shape index (κ1) is 36.9. The fourth-order valence-corrected chi connectivity index (χ4v) is 9.00. The Kier molecular flexibility index (Phi) is 9.75. The van der Waals surface area contributed by atoms with Gasteiger partial charge in [-0.3, -0.25) is 10.2 Å². The minimum Gasteiger partial charge on any atom is -0.443 e. The summed E-state index contributed by atoms with van der Waals surface area (Å²) in [6.45, 7) is 0. The van der Waals surface area contributed by atoms with Crippen LogP contribution in [-0.4, -0.2) is 53.6 Å². The van der Waals surface area contributed by atoms with Gasteiger partial charge in [0.1, 0.15) is 12.0 Å². The number of hydrogen-bond acceptors (Lipinski definition) is 7. The number of fused-ring (bicyclic) bond motifs is 2. The van der Waals surface area contributed by atoms with Crippen molar-refractivity contribution in [1.29, 1.82) is 0 Å². The molecule has 0 radical (unpaired) electrons. The van der Waals surface area contributed by atoms with Crippen molar-refractivity contribution in [3.63, 3.8) is 0 Å². The third-order valence-corrected chi connectivity index (χ3v) is 12.2. The van der Waals surface area contributed by atoms with Crippen molar-refractivity contribution >= 4 is 34.9 Å². The summed E-state index contributed by atoms with van der Waals surface area (Å²) in [4.78, 5) is 8.51. The van der Waals surface area contributed by atoms with Crippen LogP contribution in [-0.2, 0) is 23.7 Å². The Morgan fingerprint density at radius 3 is 1.52 bits per heavy atom. The van der Waals surface area contributed by atoms with Crippen LogP contribution in [0.4, 0.5) is 11.4 Å². The highest BCUT2D eigenvalue weighted by Crippen LogP contribution is 2.45. The van der Waals surface area contributed by atoms with Crippen molar-refractivity contribution < 1.29 is 4.42 Å². The third-order valence-electron chi connectivity index (χ3n) is 11.6. The molecule has 0 saturated carbocycles. The second kappa shape index (κ2) is 15.3. The predicted octanol–water partition coefficient (Wildman–Crippen LogP) is 10.4. The number of H-pyrrole nitrogens is 2. The van der Waals surface area contributed by atoms with Gasteiger partial charge < -0.3 is 14.2 Å². The maximum atomic E-state index is 5.47. The number of benzene rings is 4. The zero-order chi connectivity index (χ0) is 39.7. The molecule has 2 unspecified atom stereocenters. The highest BCUT2D eigenvalue weighted by molar-refractivity contribution is 7.08. The average Bonchev–Trinajstić information content (AvgIpc) is 4.12. The zero-order valence-electron chi connectivity index (χ0n) is 33.1. The quantitative estimate of drug-likeness (QED) is 0.160. The number of anilines is 2. The standard InChI is InChI=1S/C25H23N3S.C24H22N4O/c1-28(2)21-10-8-20(9-11-21)25(19-6-4-3-5-7-19)14-12-22-23(16-25)26-27-24(22)18-13-15-29-17-18;1-28(2)19-10-8-18(9-11-19)24(17-6-4-3-5-7-17)13-12-20-21(16-24)26-27-22(20)23-25-14-15-29-23/h3-15,17H,16H2,1-2H3,(H,26,27);3-15H,16H2,1-2H3,(H,26,27). The monoisotopic (exact) mass is 779 g/mol. The van der Waals surface area contributed by atoms with E-state index >= 15 is 0 Å². The maximum absolute atomic E-state index is 5.47. The van der Waals surface area contributed by atoms with Crippen molar-refractivity contribution in [2.75, 3.05) is 38.0 Å². The van der Waals surface area contributed by atoms with Crippen LogP contribution in [0.2, 0.25) is 0 Å². The van der Waals surface area contributed by atoms with E-state index in [4.69, 9.17) is 4.42 Å². The molecule has 0 saturated heterocycles. The van der Waals surface area contributed by atoms with E-state index < -0.39 is 0 Å². The van der Waals surface area contributed by atoms with Gasteiger partial charge in [-0.15, -0.1) is 0 Å². The summed E-state index contributed by atoms with van der Waals surface area (Å²) in [7, 11) is 8.27. The number of hydrogen-bond donors (Lipinski definition) is 2. The van der Waals surface area contributed by atoms with Gasteiger partial charge in [0, 0.05) is 96.7 Å². The van der Waals surface area contributed by atoms with Gasteiger partial charge in [-0.25, -0.2) is 4.98 Å². The summed E-state index contributed by atoms with van der Waals surface area (Å²) < 4.78 is 5.47. The normalized spacial score (nSPS) is 17.9. The van der Waals surface area contributed by atoms with E-state index in [-0.39, 0.29) is 10.8 Å². The fraction of sp³-hybridized carbons (Fsp3) is 0.163. The van der Waals surface area contributed by atoms with Crippen LogP contribution in [0.15, 0.2) is 155 Å². The number of oxazole rings is 1. The van der Waals surface area contributed by atoms with Gasteiger partial charge in [-0.05, 0) is 58.0 Å². The number of aromatic nitrogens is 5. The lowest BCUT2D eigenvalue weighted by Crippen LogP contribution is -2.30. The molecule has 0 fully saturated rings. The van der Waals surface area contributed by atoms with Crippen LogP contribution in [0.3, 0.4) is 0 Å². The summed E-state index contributed by atoms with van der Waals surface area (Å²) in [6.07, 6.45) is 13.9. The molecule has 10 rings (SSSR count). The Morgan fingerprint density at radius 2 is 1.07 bits per heavy atom. The molecular weight excluding hydrogens is 735 g/mol. The van der Waals surface area contributed by atoms with E-state index in [1.807, 2.05) is 0 Å². The Hall–Kier alpha value is -6.71. The molecule has 0 aliphatic heterocycles. The zero-order valence-corrected chi connectivity index (χ0v) is 33.9. The minimum absolute atomic E-state index is 0.211. The van der Waals surface area contributed by atoms with Crippen LogP contribution in [0, 0.1) is 0 Å². The molecule has 0 spiro atoms. The largest absolute Gasteiger partial charge is 0.443 e. The summed E-state index contributed by atoms with van der Waals surface area (Å²) in [5, 5.41) is 20.0. The van der Waals surface area contributed by atoms with Gasteiger partial charge in [-0.1, -0.05) is 109 Å². The SMILES string of the molecule is CN(C)c1ccc(C2(c3ccccc3)C=Cc3c(-c4ccsc4)n[nH]c3C2)cc1.CN(C)c1ccc(C2(c3ccccc3)C=Cc3c(-c4ncco4)n[nH]c3C2)cc1. The van der Waals surface area contributed by atoms with Gasteiger partial charge in [0.2, 0.25) is 5.89 Å². The number of aromatic amines is 2. The molecule has 288 valence electrons. The molecule has 2 N–H and O–H groups in total. The maximum Gasteiger partial charge on any atom is 0.247 e. The van der Waals surface area contributed by atoms with E-state index in [0.29, 0.717) is 5.89 Å². The van der Waals surface area contributed by atoms with Crippen molar-refractivity contribution in [3.8, 4) is 22.8 Å².